The highest BCUT2D eigenvalue weighted by atomic mass is 16.5. The van der Waals surface area contributed by atoms with E-state index in [1.54, 1.807) is 24.3 Å². The minimum absolute atomic E-state index is 0.161. The molecule has 0 saturated heterocycles. The molecule has 3 rings (SSSR count). The lowest BCUT2D eigenvalue weighted by Gasteiger charge is -2.17. The summed E-state index contributed by atoms with van der Waals surface area (Å²) in [7, 11) is 0. The Labute approximate surface area is 177 Å². The lowest BCUT2D eigenvalue weighted by Crippen LogP contribution is -2.32. The second-order valence-corrected chi connectivity index (χ2v) is 7.07. The van der Waals surface area contributed by atoms with Crippen LogP contribution in [-0.2, 0) is 11.3 Å². The van der Waals surface area contributed by atoms with Crippen LogP contribution in [-0.4, -0.2) is 17.9 Å². The number of hydrogen-bond acceptors (Lipinski definition) is 3. The van der Waals surface area contributed by atoms with E-state index in [9.17, 15) is 9.59 Å². The van der Waals surface area contributed by atoms with Crippen molar-refractivity contribution in [1.82, 2.24) is 5.32 Å². The Bertz CT molecular complexity index is 985. The van der Waals surface area contributed by atoms with Crippen molar-refractivity contribution in [3.8, 4) is 5.75 Å². The lowest BCUT2D eigenvalue weighted by molar-refractivity contribution is -0.122. The molecule has 3 aromatic carbocycles. The number of rotatable bonds is 8. The van der Waals surface area contributed by atoms with Crippen LogP contribution in [0.5, 0.6) is 5.75 Å². The largest absolute Gasteiger partial charge is 0.481 e. The topological polar surface area (TPSA) is 67.4 Å². The average Bonchev–Trinajstić information content (AvgIpc) is 2.77. The van der Waals surface area contributed by atoms with Crippen LogP contribution in [0.15, 0.2) is 78.9 Å². The van der Waals surface area contributed by atoms with Crippen molar-refractivity contribution in [1.29, 1.82) is 0 Å². The predicted octanol–water partition coefficient (Wildman–Crippen LogP) is 4.72. The Morgan fingerprint density at radius 1 is 0.933 bits per heavy atom. The summed E-state index contributed by atoms with van der Waals surface area (Å²) >= 11 is 0. The van der Waals surface area contributed by atoms with Crippen LogP contribution in [0.25, 0.3) is 0 Å². The Hall–Kier alpha value is -3.60. The molecule has 0 bridgehead atoms. The summed E-state index contributed by atoms with van der Waals surface area (Å²) in [5, 5.41) is 5.74. The molecular formula is C25H26N2O3. The molecule has 5 nitrogen and oxygen atoms in total. The summed E-state index contributed by atoms with van der Waals surface area (Å²) in [6.45, 7) is 4.35. The van der Waals surface area contributed by atoms with E-state index in [2.05, 4.69) is 10.6 Å². The van der Waals surface area contributed by atoms with Crippen LogP contribution in [0.4, 0.5) is 5.69 Å². The van der Waals surface area contributed by atoms with Crippen molar-refractivity contribution in [2.75, 3.05) is 5.32 Å². The molecule has 0 aliphatic rings. The maximum atomic E-state index is 12.6. The van der Waals surface area contributed by atoms with Gasteiger partial charge in [-0.15, -0.1) is 0 Å². The standard InChI is InChI=1S/C25H26N2O3/c1-3-23(30-22-11-7-8-18(2)16-22)25(29)27-21-14-12-20(13-15-21)24(28)26-17-19-9-5-4-6-10-19/h4-16,23H,3,17H2,1-2H3,(H,26,28)(H,27,29). The predicted molar refractivity (Wildman–Crippen MR) is 119 cm³/mol. The first-order valence-corrected chi connectivity index (χ1v) is 10.0. The van der Waals surface area contributed by atoms with Crippen molar-refractivity contribution >= 4 is 17.5 Å². The first-order valence-electron chi connectivity index (χ1n) is 10.0. The summed E-state index contributed by atoms with van der Waals surface area (Å²) < 4.78 is 5.84. The molecule has 0 saturated carbocycles. The fourth-order valence-corrected chi connectivity index (χ4v) is 2.98. The van der Waals surface area contributed by atoms with Crippen molar-refractivity contribution < 1.29 is 14.3 Å². The maximum Gasteiger partial charge on any atom is 0.265 e. The lowest BCUT2D eigenvalue weighted by atomic mass is 10.1. The zero-order valence-electron chi connectivity index (χ0n) is 17.2. The van der Waals surface area contributed by atoms with Gasteiger partial charge in [-0.2, -0.15) is 0 Å². The number of hydrogen-bond donors (Lipinski definition) is 2. The number of ether oxygens (including phenoxy) is 1. The van der Waals surface area contributed by atoms with E-state index < -0.39 is 6.10 Å². The number of nitrogens with one attached hydrogen (secondary N) is 2. The normalized spacial score (nSPS) is 11.4. The zero-order valence-corrected chi connectivity index (χ0v) is 17.2. The fraction of sp³-hybridized carbons (Fsp3) is 0.200. The van der Waals surface area contributed by atoms with Gasteiger partial charge in [0, 0.05) is 17.8 Å². The quantitative estimate of drug-likeness (QED) is 0.573. The minimum atomic E-state index is -0.597. The Morgan fingerprint density at radius 3 is 2.33 bits per heavy atom. The van der Waals surface area contributed by atoms with Gasteiger partial charge in [-0.05, 0) is 60.9 Å². The van der Waals surface area contributed by atoms with E-state index >= 15 is 0 Å². The summed E-state index contributed by atoms with van der Waals surface area (Å²) in [4.78, 5) is 24.9. The first-order chi connectivity index (χ1) is 14.5. The van der Waals surface area contributed by atoms with Crippen molar-refractivity contribution in [2.45, 2.75) is 32.9 Å². The van der Waals surface area contributed by atoms with E-state index in [0.717, 1.165) is 11.1 Å². The van der Waals surface area contributed by atoms with E-state index in [0.29, 0.717) is 30.0 Å². The molecule has 0 fully saturated rings. The van der Waals surface area contributed by atoms with Gasteiger partial charge in [0.2, 0.25) is 0 Å². The molecular weight excluding hydrogens is 376 g/mol. The molecule has 0 heterocycles. The Balaban J connectivity index is 1.55. The molecule has 2 N–H and O–H groups in total. The van der Waals surface area contributed by atoms with Gasteiger partial charge in [-0.3, -0.25) is 9.59 Å². The van der Waals surface area contributed by atoms with E-state index in [1.807, 2.05) is 68.4 Å². The van der Waals surface area contributed by atoms with Crippen LogP contribution in [0.2, 0.25) is 0 Å². The van der Waals surface area contributed by atoms with Crippen molar-refractivity contribution in [3.05, 3.63) is 95.6 Å². The van der Waals surface area contributed by atoms with Crippen LogP contribution >= 0.6 is 0 Å². The second-order valence-electron chi connectivity index (χ2n) is 7.07. The van der Waals surface area contributed by atoms with Gasteiger partial charge in [0.15, 0.2) is 6.10 Å². The fourth-order valence-electron chi connectivity index (χ4n) is 2.98. The van der Waals surface area contributed by atoms with Gasteiger partial charge in [-0.1, -0.05) is 49.4 Å². The molecule has 3 aromatic rings. The third-order valence-electron chi connectivity index (χ3n) is 4.64. The number of carbonyl (C=O) groups excluding carboxylic acids is 2. The highest BCUT2D eigenvalue weighted by Crippen LogP contribution is 2.17. The molecule has 0 aliphatic heterocycles. The molecule has 0 aromatic heterocycles. The van der Waals surface area contributed by atoms with E-state index in [1.165, 1.54) is 0 Å². The van der Waals surface area contributed by atoms with Crippen LogP contribution in [0, 0.1) is 6.92 Å². The van der Waals surface area contributed by atoms with E-state index in [-0.39, 0.29) is 11.8 Å². The molecule has 5 heteroatoms. The smallest absolute Gasteiger partial charge is 0.265 e. The Morgan fingerprint density at radius 2 is 1.67 bits per heavy atom. The molecule has 154 valence electrons. The zero-order chi connectivity index (χ0) is 21.3. The van der Waals surface area contributed by atoms with Crippen LogP contribution in [0.3, 0.4) is 0 Å². The van der Waals surface area contributed by atoms with E-state index in [4.69, 9.17) is 4.74 Å². The average molecular weight is 402 g/mol. The second kappa shape index (κ2) is 10.3. The third-order valence-corrected chi connectivity index (χ3v) is 4.64. The van der Waals surface area contributed by atoms with Gasteiger partial charge < -0.3 is 15.4 Å². The summed E-state index contributed by atoms with van der Waals surface area (Å²) in [6.07, 6.45) is -0.0552. The summed E-state index contributed by atoms with van der Waals surface area (Å²) in [5.74, 6) is 0.286. The number of carbonyl (C=O) groups is 2. The van der Waals surface area contributed by atoms with Crippen molar-refractivity contribution in [2.24, 2.45) is 0 Å². The minimum Gasteiger partial charge on any atom is -0.481 e. The molecule has 30 heavy (non-hydrogen) atoms. The van der Waals surface area contributed by atoms with Gasteiger partial charge in [0.1, 0.15) is 5.75 Å². The Kier molecular flexibility index (Phi) is 7.22. The van der Waals surface area contributed by atoms with Gasteiger partial charge >= 0.3 is 0 Å². The summed E-state index contributed by atoms with van der Waals surface area (Å²) in [6, 6.07) is 24.2. The summed E-state index contributed by atoms with van der Waals surface area (Å²) in [5.41, 5.74) is 3.26. The molecule has 0 radical (unpaired) electrons. The van der Waals surface area contributed by atoms with Gasteiger partial charge in [0.25, 0.3) is 11.8 Å². The van der Waals surface area contributed by atoms with Crippen molar-refractivity contribution in [3.63, 3.8) is 0 Å². The molecule has 0 spiro atoms. The third kappa shape index (κ3) is 5.95. The SMILES string of the molecule is CCC(Oc1cccc(C)c1)C(=O)Nc1ccc(C(=O)NCc2ccccc2)cc1. The molecule has 1 atom stereocenters. The van der Waals surface area contributed by atoms with Gasteiger partial charge in [-0.25, -0.2) is 0 Å². The monoisotopic (exact) mass is 402 g/mol. The number of amides is 2. The molecule has 0 aliphatic carbocycles. The molecule has 1 unspecified atom stereocenters. The number of benzene rings is 3. The van der Waals surface area contributed by atoms with Crippen LogP contribution < -0.4 is 15.4 Å². The highest BCUT2D eigenvalue weighted by molar-refractivity contribution is 5.97. The van der Waals surface area contributed by atoms with Crippen LogP contribution in [0.1, 0.15) is 34.8 Å². The highest BCUT2D eigenvalue weighted by Gasteiger charge is 2.18. The number of aryl methyl sites for hydroxylation is 1. The molecule has 2 amide bonds. The number of anilines is 1. The van der Waals surface area contributed by atoms with Gasteiger partial charge in [0.05, 0.1) is 0 Å². The maximum absolute atomic E-state index is 12.6. The first kappa shape index (κ1) is 21.1.